The molecule has 18 heavy (non-hydrogen) atoms. The van der Waals surface area contributed by atoms with Gasteiger partial charge in [-0.2, -0.15) is 0 Å². The molecule has 2 nitrogen and oxygen atoms in total. The molecular weight excluding hydrogens is 450 g/mol. The summed E-state index contributed by atoms with van der Waals surface area (Å²) in [4.78, 5) is 0. The minimum Gasteiger partial charge on any atom is -0.399 e. The Morgan fingerprint density at radius 3 is 2.17 bits per heavy atom. The van der Waals surface area contributed by atoms with Gasteiger partial charge in [0.25, 0.3) is 0 Å². The maximum Gasteiger partial charge on any atom is 0.0536 e. The van der Waals surface area contributed by atoms with Gasteiger partial charge in [0.05, 0.1) is 5.69 Å². The van der Waals surface area contributed by atoms with E-state index >= 15 is 0 Å². The molecule has 0 fully saturated rings. The van der Waals surface area contributed by atoms with Crippen molar-refractivity contribution in [1.29, 1.82) is 0 Å². The standard InChI is InChI=1S/C14H10I2N2/c15-7-1-3-9-10-4-2-8(17)6-12(10)14(18)13(16)11(9)5-7/h1-6H,17-18H2. The molecule has 0 aliphatic heterocycles. The highest BCUT2D eigenvalue weighted by Gasteiger charge is 2.10. The van der Waals surface area contributed by atoms with E-state index in [4.69, 9.17) is 11.5 Å². The third-order valence-corrected chi connectivity index (χ3v) is 4.91. The molecule has 0 atom stereocenters. The smallest absolute Gasteiger partial charge is 0.0536 e. The first-order valence-corrected chi connectivity index (χ1v) is 7.59. The van der Waals surface area contributed by atoms with E-state index in [1.165, 1.54) is 14.3 Å². The average molecular weight is 460 g/mol. The molecule has 0 saturated carbocycles. The van der Waals surface area contributed by atoms with Crippen LogP contribution in [-0.2, 0) is 0 Å². The van der Waals surface area contributed by atoms with E-state index in [0.717, 1.165) is 25.7 Å². The van der Waals surface area contributed by atoms with E-state index in [2.05, 4.69) is 63.4 Å². The topological polar surface area (TPSA) is 52.0 Å². The highest BCUT2D eigenvalue weighted by atomic mass is 127. The summed E-state index contributed by atoms with van der Waals surface area (Å²) in [5.74, 6) is 0. The van der Waals surface area contributed by atoms with Gasteiger partial charge in [0.15, 0.2) is 0 Å². The summed E-state index contributed by atoms with van der Waals surface area (Å²) < 4.78 is 2.31. The van der Waals surface area contributed by atoms with Crippen molar-refractivity contribution in [2.45, 2.75) is 0 Å². The van der Waals surface area contributed by atoms with E-state index < -0.39 is 0 Å². The zero-order chi connectivity index (χ0) is 12.9. The van der Waals surface area contributed by atoms with Gasteiger partial charge in [-0.05, 0) is 85.6 Å². The van der Waals surface area contributed by atoms with Crippen molar-refractivity contribution in [1.82, 2.24) is 0 Å². The van der Waals surface area contributed by atoms with Gasteiger partial charge in [0, 0.05) is 18.2 Å². The normalized spacial score (nSPS) is 11.2. The number of nitrogens with two attached hydrogens (primary N) is 2. The van der Waals surface area contributed by atoms with Crippen molar-refractivity contribution in [2.24, 2.45) is 0 Å². The summed E-state index contributed by atoms with van der Waals surface area (Å²) in [7, 11) is 0. The monoisotopic (exact) mass is 460 g/mol. The van der Waals surface area contributed by atoms with Crippen LogP contribution in [0.5, 0.6) is 0 Å². The van der Waals surface area contributed by atoms with Crippen LogP contribution in [0.2, 0.25) is 0 Å². The zero-order valence-electron chi connectivity index (χ0n) is 9.37. The molecule has 0 amide bonds. The Balaban J connectivity index is 2.62. The first-order valence-electron chi connectivity index (χ1n) is 5.43. The lowest BCUT2D eigenvalue weighted by Crippen LogP contribution is -1.95. The van der Waals surface area contributed by atoms with Crippen LogP contribution in [0.25, 0.3) is 21.5 Å². The van der Waals surface area contributed by atoms with Gasteiger partial charge in [0.1, 0.15) is 0 Å². The number of rotatable bonds is 0. The summed E-state index contributed by atoms with van der Waals surface area (Å²) in [5, 5.41) is 4.63. The predicted octanol–water partition coefficient (Wildman–Crippen LogP) is 4.37. The molecule has 0 saturated heterocycles. The molecular formula is C14H10I2N2. The maximum absolute atomic E-state index is 6.24. The van der Waals surface area contributed by atoms with Crippen LogP contribution in [-0.4, -0.2) is 0 Å². The Hall–Kier alpha value is -0.760. The highest BCUT2D eigenvalue weighted by Crippen LogP contribution is 2.36. The number of benzene rings is 3. The third kappa shape index (κ3) is 1.82. The molecule has 0 bridgehead atoms. The summed E-state index contributed by atoms with van der Waals surface area (Å²) >= 11 is 4.63. The van der Waals surface area contributed by atoms with Gasteiger partial charge in [-0.15, -0.1) is 0 Å². The molecule has 0 unspecified atom stereocenters. The predicted molar refractivity (Wildman–Crippen MR) is 95.7 cm³/mol. The Kier molecular flexibility index (Phi) is 3.01. The van der Waals surface area contributed by atoms with E-state index in [-0.39, 0.29) is 0 Å². The van der Waals surface area contributed by atoms with Crippen LogP contribution in [0.15, 0.2) is 36.4 Å². The number of anilines is 2. The van der Waals surface area contributed by atoms with Crippen molar-refractivity contribution in [2.75, 3.05) is 11.5 Å². The first-order chi connectivity index (χ1) is 8.58. The lowest BCUT2D eigenvalue weighted by molar-refractivity contribution is 1.68. The number of halogens is 2. The lowest BCUT2D eigenvalue weighted by Gasteiger charge is -2.11. The van der Waals surface area contributed by atoms with Crippen molar-refractivity contribution in [3.05, 3.63) is 43.5 Å². The number of hydrogen-bond donors (Lipinski definition) is 2. The number of hydrogen-bond acceptors (Lipinski definition) is 2. The largest absolute Gasteiger partial charge is 0.399 e. The minimum atomic E-state index is 0.745. The number of fused-ring (bicyclic) bond motifs is 3. The second-order valence-corrected chi connectivity index (χ2v) is 6.55. The van der Waals surface area contributed by atoms with Crippen LogP contribution in [0.4, 0.5) is 11.4 Å². The van der Waals surface area contributed by atoms with Crippen molar-refractivity contribution in [3.63, 3.8) is 0 Å². The highest BCUT2D eigenvalue weighted by molar-refractivity contribution is 14.1. The molecule has 4 N–H and O–H groups in total. The lowest BCUT2D eigenvalue weighted by atomic mass is 10.00. The van der Waals surface area contributed by atoms with Crippen molar-refractivity contribution in [3.8, 4) is 0 Å². The molecule has 3 aromatic rings. The van der Waals surface area contributed by atoms with Gasteiger partial charge in [0.2, 0.25) is 0 Å². The Labute approximate surface area is 132 Å². The van der Waals surface area contributed by atoms with Gasteiger partial charge >= 0.3 is 0 Å². The van der Waals surface area contributed by atoms with E-state index in [9.17, 15) is 0 Å². The average Bonchev–Trinajstić information content (AvgIpc) is 2.36. The summed E-state index contributed by atoms with van der Waals surface area (Å²) in [6.07, 6.45) is 0. The van der Waals surface area contributed by atoms with E-state index in [0.29, 0.717) is 0 Å². The van der Waals surface area contributed by atoms with Crippen LogP contribution >= 0.6 is 45.2 Å². The Morgan fingerprint density at radius 1 is 0.722 bits per heavy atom. The third-order valence-electron chi connectivity index (χ3n) is 3.08. The fourth-order valence-corrected chi connectivity index (χ4v) is 3.44. The van der Waals surface area contributed by atoms with Crippen molar-refractivity contribution >= 4 is 78.1 Å². The molecule has 90 valence electrons. The molecule has 4 heteroatoms. The number of nitrogen functional groups attached to an aromatic ring is 2. The van der Waals surface area contributed by atoms with E-state index in [1.54, 1.807) is 0 Å². The molecule has 0 aliphatic rings. The second kappa shape index (κ2) is 4.41. The maximum atomic E-state index is 6.24. The molecule has 0 aromatic heterocycles. The SMILES string of the molecule is Nc1ccc2c(c1)c(N)c(I)c1cc(I)ccc12. The van der Waals surface area contributed by atoms with Crippen LogP contribution in [0, 0.1) is 7.14 Å². The zero-order valence-corrected chi connectivity index (χ0v) is 13.7. The molecule has 0 spiro atoms. The van der Waals surface area contributed by atoms with Gasteiger partial charge < -0.3 is 11.5 Å². The molecule has 0 heterocycles. The molecule has 0 aliphatic carbocycles. The minimum absolute atomic E-state index is 0.745. The quantitative estimate of drug-likeness (QED) is 0.298. The first kappa shape index (κ1) is 12.3. The van der Waals surface area contributed by atoms with Crippen molar-refractivity contribution < 1.29 is 0 Å². The van der Waals surface area contributed by atoms with Gasteiger partial charge in [-0.1, -0.05) is 12.1 Å². The summed E-state index contributed by atoms with van der Waals surface area (Å²) in [5.41, 5.74) is 13.6. The van der Waals surface area contributed by atoms with Gasteiger partial charge in [-0.25, -0.2) is 0 Å². The fraction of sp³-hybridized carbons (Fsp3) is 0. The Morgan fingerprint density at radius 2 is 1.39 bits per heavy atom. The van der Waals surface area contributed by atoms with Crippen LogP contribution < -0.4 is 11.5 Å². The van der Waals surface area contributed by atoms with Crippen LogP contribution in [0.3, 0.4) is 0 Å². The second-order valence-electron chi connectivity index (χ2n) is 4.22. The van der Waals surface area contributed by atoms with Gasteiger partial charge in [-0.3, -0.25) is 0 Å². The fourth-order valence-electron chi connectivity index (χ4n) is 2.22. The molecule has 3 rings (SSSR count). The summed E-state index contributed by atoms with van der Waals surface area (Å²) in [6, 6.07) is 12.4. The molecule has 0 radical (unpaired) electrons. The Bertz CT molecular complexity index is 715. The van der Waals surface area contributed by atoms with Crippen LogP contribution in [0.1, 0.15) is 0 Å². The van der Waals surface area contributed by atoms with E-state index in [1.807, 2.05) is 18.2 Å². The molecule has 3 aromatic carbocycles. The summed E-state index contributed by atoms with van der Waals surface area (Å²) in [6.45, 7) is 0.